The van der Waals surface area contributed by atoms with Crippen molar-refractivity contribution in [2.45, 2.75) is 13.5 Å². The number of hydrogen-bond donors (Lipinski definition) is 0. The molecule has 0 heterocycles. The monoisotopic (exact) mass is 375 g/mol. The number of amides is 1. The number of rotatable bonds is 5. The average Bonchev–Trinajstić information content (AvgIpc) is 2.69. The highest BCUT2D eigenvalue weighted by atomic mass is 35.5. The van der Waals surface area contributed by atoms with Gasteiger partial charge in [-0.3, -0.25) is 4.79 Å². The highest BCUT2D eigenvalue weighted by molar-refractivity contribution is 6.33. The van der Waals surface area contributed by atoms with E-state index in [1.807, 2.05) is 67.7 Å². The van der Waals surface area contributed by atoms with Crippen LogP contribution in [0.2, 0.25) is 5.02 Å². The Hall–Kier alpha value is -2.84. The van der Waals surface area contributed by atoms with Crippen molar-refractivity contribution < 1.29 is 4.79 Å². The molecule has 0 fully saturated rings. The average molecular weight is 376 g/mol. The fourth-order valence-electron chi connectivity index (χ4n) is 2.88. The number of halogens is 1. The summed E-state index contributed by atoms with van der Waals surface area (Å²) in [7, 11) is 1.82. The summed E-state index contributed by atoms with van der Waals surface area (Å²) in [4.78, 5) is 15.0. The van der Waals surface area contributed by atoms with Crippen LogP contribution in [0.15, 0.2) is 78.9 Å². The van der Waals surface area contributed by atoms with Crippen LogP contribution in [0, 0.1) is 6.92 Å². The van der Waals surface area contributed by atoms with E-state index < -0.39 is 0 Å². The van der Waals surface area contributed by atoms with E-state index in [4.69, 9.17) is 11.6 Å². The Morgan fingerprint density at radius 2 is 1.56 bits per heavy atom. The lowest BCUT2D eigenvalue weighted by Gasteiger charge is -2.20. The standard InChI is InChI=1S/C24H22ClNO/c1-18-12-14-19(15-13-18)17-26(2)24(27)22(20-8-4-3-5-9-20)16-21-10-6-7-11-23(21)25/h3-16H,17H2,1-2H3/b22-16+. The number of hydrogen-bond acceptors (Lipinski definition) is 1. The van der Waals surface area contributed by atoms with Crippen molar-refractivity contribution in [3.8, 4) is 0 Å². The first-order chi connectivity index (χ1) is 13.0. The first-order valence-corrected chi connectivity index (χ1v) is 9.25. The van der Waals surface area contributed by atoms with Crippen LogP contribution in [0.4, 0.5) is 0 Å². The summed E-state index contributed by atoms with van der Waals surface area (Å²) in [6, 6.07) is 25.5. The number of likely N-dealkylation sites (N-methyl/N-ethyl adjacent to an activating group) is 1. The molecule has 0 bridgehead atoms. The second-order valence-corrected chi connectivity index (χ2v) is 7.00. The summed E-state index contributed by atoms with van der Waals surface area (Å²) in [6.45, 7) is 2.60. The van der Waals surface area contributed by atoms with Crippen LogP contribution in [0.5, 0.6) is 0 Å². The van der Waals surface area contributed by atoms with Gasteiger partial charge in [-0.1, -0.05) is 90.0 Å². The van der Waals surface area contributed by atoms with E-state index in [9.17, 15) is 4.79 Å². The topological polar surface area (TPSA) is 20.3 Å². The predicted molar refractivity (Wildman–Crippen MR) is 113 cm³/mol. The van der Waals surface area contributed by atoms with Gasteiger partial charge in [-0.05, 0) is 35.8 Å². The van der Waals surface area contributed by atoms with Crippen molar-refractivity contribution in [2.75, 3.05) is 7.05 Å². The van der Waals surface area contributed by atoms with Crippen LogP contribution < -0.4 is 0 Å². The minimum absolute atomic E-state index is 0.0401. The summed E-state index contributed by atoms with van der Waals surface area (Å²) in [5.74, 6) is -0.0401. The summed E-state index contributed by atoms with van der Waals surface area (Å²) in [6.07, 6.45) is 1.87. The van der Waals surface area contributed by atoms with Crippen molar-refractivity contribution >= 4 is 29.2 Å². The summed E-state index contributed by atoms with van der Waals surface area (Å²) < 4.78 is 0. The fraction of sp³-hybridized carbons (Fsp3) is 0.125. The molecule has 3 aromatic rings. The lowest BCUT2D eigenvalue weighted by Crippen LogP contribution is -2.27. The highest BCUT2D eigenvalue weighted by Crippen LogP contribution is 2.25. The second-order valence-electron chi connectivity index (χ2n) is 6.59. The van der Waals surface area contributed by atoms with Gasteiger partial charge in [0.2, 0.25) is 0 Å². The van der Waals surface area contributed by atoms with Gasteiger partial charge in [-0.2, -0.15) is 0 Å². The smallest absolute Gasteiger partial charge is 0.254 e. The van der Waals surface area contributed by atoms with Crippen LogP contribution >= 0.6 is 11.6 Å². The number of carbonyl (C=O) groups is 1. The maximum Gasteiger partial charge on any atom is 0.254 e. The molecule has 0 N–H and O–H groups in total. The summed E-state index contributed by atoms with van der Waals surface area (Å²) in [5.41, 5.74) is 4.63. The lowest BCUT2D eigenvalue weighted by atomic mass is 10.0. The van der Waals surface area contributed by atoms with Gasteiger partial charge in [0.1, 0.15) is 0 Å². The molecular weight excluding hydrogens is 354 g/mol. The van der Waals surface area contributed by atoms with Gasteiger partial charge >= 0.3 is 0 Å². The van der Waals surface area contributed by atoms with Gasteiger partial charge in [0.25, 0.3) is 5.91 Å². The third-order valence-electron chi connectivity index (χ3n) is 4.41. The predicted octanol–water partition coefficient (Wildman–Crippen LogP) is 5.85. The zero-order valence-electron chi connectivity index (χ0n) is 15.5. The van der Waals surface area contributed by atoms with Gasteiger partial charge in [-0.15, -0.1) is 0 Å². The Kier molecular flexibility index (Phi) is 6.10. The molecule has 0 unspecified atom stereocenters. The fourth-order valence-corrected chi connectivity index (χ4v) is 3.07. The first-order valence-electron chi connectivity index (χ1n) is 8.87. The van der Waals surface area contributed by atoms with Gasteiger partial charge in [-0.25, -0.2) is 0 Å². The quantitative estimate of drug-likeness (QED) is 0.404. The molecular formula is C24H22ClNO. The number of benzene rings is 3. The Labute approximate surface area is 165 Å². The van der Waals surface area contributed by atoms with Crippen molar-refractivity contribution in [1.82, 2.24) is 4.90 Å². The van der Waals surface area contributed by atoms with Gasteiger partial charge < -0.3 is 4.90 Å². The molecule has 3 heteroatoms. The molecule has 0 radical (unpaired) electrons. The van der Waals surface area contributed by atoms with Crippen molar-refractivity contribution in [3.05, 3.63) is 106 Å². The molecule has 3 aromatic carbocycles. The Bertz CT molecular complexity index is 946. The first kappa shape index (κ1) is 18.9. The minimum Gasteiger partial charge on any atom is -0.337 e. The van der Waals surface area contributed by atoms with E-state index in [1.165, 1.54) is 5.56 Å². The Balaban J connectivity index is 1.93. The van der Waals surface area contributed by atoms with Crippen molar-refractivity contribution in [1.29, 1.82) is 0 Å². The third kappa shape index (κ3) is 4.87. The van der Waals surface area contributed by atoms with Crippen LogP contribution in [0.3, 0.4) is 0 Å². The van der Waals surface area contributed by atoms with E-state index in [0.29, 0.717) is 17.1 Å². The van der Waals surface area contributed by atoms with E-state index in [0.717, 1.165) is 16.7 Å². The lowest BCUT2D eigenvalue weighted by molar-refractivity contribution is -0.124. The number of carbonyl (C=O) groups excluding carboxylic acids is 1. The maximum absolute atomic E-state index is 13.2. The van der Waals surface area contributed by atoms with Crippen LogP contribution in [0.1, 0.15) is 22.3 Å². The van der Waals surface area contributed by atoms with Crippen LogP contribution in [-0.2, 0) is 11.3 Å². The molecule has 0 aromatic heterocycles. The second kappa shape index (κ2) is 8.70. The summed E-state index contributed by atoms with van der Waals surface area (Å²) in [5, 5.41) is 0.625. The molecule has 136 valence electrons. The van der Waals surface area contributed by atoms with Crippen LogP contribution in [0.25, 0.3) is 11.6 Å². The van der Waals surface area contributed by atoms with E-state index >= 15 is 0 Å². The third-order valence-corrected chi connectivity index (χ3v) is 4.75. The van der Waals surface area contributed by atoms with E-state index in [1.54, 1.807) is 4.90 Å². The summed E-state index contributed by atoms with van der Waals surface area (Å²) >= 11 is 6.32. The van der Waals surface area contributed by atoms with Crippen LogP contribution in [-0.4, -0.2) is 17.9 Å². The molecule has 0 atom stereocenters. The molecule has 1 amide bonds. The normalized spacial score (nSPS) is 11.3. The maximum atomic E-state index is 13.2. The highest BCUT2D eigenvalue weighted by Gasteiger charge is 2.17. The van der Waals surface area contributed by atoms with Crippen molar-refractivity contribution in [3.63, 3.8) is 0 Å². The van der Waals surface area contributed by atoms with Crippen molar-refractivity contribution in [2.24, 2.45) is 0 Å². The molecule has 0 spiro atoms. The van der Waals surface area contributed by atoms with Gasteiger partial charge in [0, 0.05) is 24.2 Å². The SMILES string of the molecule is Cc1ccc(CN(C)C(=O)/C(=C/c2ccccc2Cl)c2ccccc2)cc1. The number of aryl methyl sites for hydroxylation is 1. The molecule has 3 rings (SSSR count). The van der Waals surface area contributed by atoms with E-state index in [-0.39, 0.29) is 5.91 Å². The molecule has 27 heavy (non-hydrogen) atoms. The van der Waals surface area contributed by atoms with Gasteiger partial charge in [0.15, 0.2) is 0 Å². The zero-order chi connectivity index (χ0) is 19.2. The Morgan fingerprint density at radius 3 is 2.22 bits per heavy atom. The molecule has 0 aliphatic rings. The molecule has 0 saturated carbocycles. The Morgan fingerprint density at radius 1 is 0.926 bits per heavy atom. The van der Waals surface area contributed by atoms with Gasteiger partial charge in [0.05, 0.1) is 0 Å². The largest absolute Gasteiger partial charge is 0.337 e. The molecule has 0 aliphatic carbocycles. The number of nitrogens with zero attached hydrogens (tertiary/aromatic N) is 1. The molecule has 2 nitrogen and oxygen atoms in total. The molecule has 0 aliphatic heterocycles. The van der Waals surface area contributed by atoms with E-state index in [2.05, 4.69) is 31.2 Å². The zero-order valence-corrected chi connectivity index (χ0v) is 16.3. The molecule has 0 saturated heterocycles. The minimum atomic E-state index is -0.0401.